The van der Waals surface area contributed by atoms with Crippen LogP contribution in [0.25, 0.3) is 0 Å². The third-order valence-electron chi connectivity index (χ3n) is 2.07. The van der Waals surface area contributed by atoms with Crippen molar-refractivity contribution in [2.75, 3.05) is 5.32 Å². The first-order valence-electron chi connectivity index (χ1n) is 4.94. The SMILES string of the molecule is O=C(Nc1cc(F)cc(Cl)c1)c1cccc(Cl)n1. The zero-order valence-electron chi connectivity index (χ0n) is 8.95. The lowest BCUT2D eigenvalue weighted by molar-refractivity contribution is 0.102. The number of carbonyl (C=O) groups excluding carboxylic acids is 1. The Bertz CT molecular complexity index is 584. The number of rotatable bonds is 2. The molecule has 0 radical (unpaired) electrons. The van der Waals surface area contributed by atoms with Crippen LogP contribution >= 0.6 is 23.2 Å². The molecule has 0 atom stereocenters. The number of benzene rings is 1. The summed E-state index contributed by atoms with van der Waals surface area (Å²) in [4.78, 5) is 15.6. The van der Waals surface area contributed by atoms with Crippen LogP contribution in [0.2, 0.25) is 10.2 Å². The molecule has 0 unspecified atom stereocenters. The topological polar surface area (TPSA) is 42.0 Å². The van der Waals surface area contributed by atoms with Crippen LogP contribution in [0.4, 0.5) is 10.1 Å². The highest BCUT2D eigenvalue weighted by molar-refractivity contribution is 6.31. The molecule has 0 aliphatic heterocycles. The summed E-state index contributed by atoms with van der Waals surface area (Å²) in [5.41, 5.74) is 0.398. The van der Waals surface area contributed by atoms with Gasteiger partial charge in [-0.25, -0.2) is 9.37 Å². The summed E-state index contributed by atoms with van der Waals surface area (Å²) in [6.07, 6.45) is 0. The monoisotopic (exact) mass is 284 g/mol. The zero-order valence-corrected chi connectivity index (χ0v) is 10.5. The van der Waals surface area contributed by atoms with Crippen LogP contribution in [0.3, 0.4) is 0 Å². The van der Waals surface area contributed by atoms with Crippen LogP contribution in [0, 0.1) is 5.82 Å². The Morgan fingerprint density at radius 1 is 1.22 bits per heavy atom. The Morgan fingerprint density at radius 3 is 2.67 bits per heavy atom. The lowest BCUT2D eigenvalue weighted by Crippen LogP contribution is -2.13. The summed E-state index contributed by atoms with van der Waals surface area (Å²) in [6, 6.07) is 8.40. The maximum atomic E-state index is 13.1. The van der Waals surface area contributed by atoms with Crippen LogP contribution in [-0.2, 0) is 0 Å². The van der Waals surface area contributed by atoms with Crippen molar-refractivity contribution in [3.8, 4) is 0 Å². The van der Waals surface area contributed by atoms with Gasteiger partial charge in [-0.3, -0.25) is 4.79 Å². The average molecular weight is 285 g/mol. The number of aromatic nitrogens is 1. The molecule has 1 heterocycles. The second-order valence-corrected chi connectivity index (χ2v) is 4.28. The highest BCUT2D eigenvalue weighted by Crippen LogP contribution is 2.18. The van der Waals surface area contributed by atoms with E-state index in [-0.39, 0.29) is 21.6 Å². The van der Waals surface area contributed by atoms with Gasteiger partial charge in [-0.05, 0) is 30.3 Å². The summed E-state index contributed by atoms with van der Waals surface area (Å²) in [5.74, 6) is -1.02. The molecule has 2 rings (SSSR count). The molecule has 0 aliphatic rings. The van der Waals surface area contributed by atoms with Gasteiger partial charge in [0.2, 0.25) is 0 Å². The maximum absolute atomic E-state index is 13.1. The van der Waals surface area contributed by atoms with Crippen molar-refractivity contribution in [2.45, 2.75) is 0 Å². The molecule has 1 amide bonds. The second kappa shape index (κ2) is 5.33. The minimum atomic E-state index is -0.531. The minimum Gasteiger partial charge on any atom is -0.320 e. The molecule has 0 saturated heterocycles. The third kappa shape index (κ3) is 3.18. The van der Waals surface area contributed by atoms with Crippen molar-refractivity contribution in [3.05, 3.63) is 58.1 Å². The van der Waals surface area contributed by atoms with Gasteiger partial charge in [0.1, 0.15) is 16.7 Å². The smallest absolute Gasteiger partial charge is 0.274 e. The van der Waals surface area contributed by atoms with E-state index in [0.717, 1.165) is 12.1 Å². The standard InChI is InChI=1S/C12H7Cl2FN2O/c13-7-4-8(15)6-9(5-7)16-12(18)10-2-1-3-11(14)17-10/h1-6H,(H,16,18). The molecule has 6 heteroatoms. The zero-order chi connectivity index (χ0) is 13.1. The van der Waals surface area contributed by atoms with Gasteiger partial charge in [0.05, 0.1) is 0 Å². The lowest BCUT2D eigenvalue weighted by Gasteiger charge is -2.05. The number of carbonyl (C=O) groups is 1. The van der Waals surface area contributed by atoms with E-state index in [0.29, 0.717) is 0 Å². The number of nitrogens with zero attached hydrogens (tertiary/aromatic N) is 1. The van der Waals surface area contributed by atoms with Gasteiger partial charge in [0.25, 0.3) is 5.91 Å². The number of nitrogens with one attached hydrogen (secondary N) is 1. The van der Waals surface area contributed by atoms with Crippen molar-refractivity contribution < 1.29 is 9.18 Å². The van der Waals surface area contributed by atoms with E-state index in [1.807, 2.05) is 0 Å². The predicted molar refractivity (Wildman–Crippen MR) is 68.6 cm³/mol. The summed E-state index contributed by atoms with van der Waals surface area (Å²) in [6.45, 7) is 0. The van der Waals surface area contributed by atoms with E-state index in [1.54, 1.807) is 12.1 Å². The Hall–Kier alpha value is -1.65. The molecule has 1 aromatic carbocycles. The Morgan fingerprint density at radius 2 is 2.00 bits per heavy atom. The summed E-state index contributed by atoms with van der Waals surface area (Å²) >= 11 is 11.3. The largest absolute Gasteiger partial charge is 0.320 e. The van der Waals surface area contributed by atoms with E-state index >= 15 is 0 Å². The second-order valence-electron chi connectivity index (χ2n) is 3.46. The fourth-order valence-electron chi connectivity index (χ4n) is 1.36. The molecular weight excluding hydrogens is 278 g/mol. The number of hydrogen-bond donors (Lipinski definition) is 1. The van der Waals surface area contributed by atoms with E-state index in [1.165, 1.54) is 12.1 Å². The van der Waals surface area contributed by atoms with Gasteiger partial charge < -0.3 is 5.32 Å². The molecule has 0 fully saturated rings. The molecule has 0 aliphatic carbocycles. The van der Waals surface area contributed by atoms with Crippen molar-refractivity contribution in [1.29, 1.82) is 0 Å². The Balaban J connectivity index is 2.21. The van der Waals surface area contributed by atoms with Crippen molar-refractivity contribution >= 4 is 34.8 Å². The third-order valence-corrected chi connectivity index (χ3v) is 2.50. The number of amides is 1. The predicted octanol–water partition coefficient (Wildman–Crippen LogP) is 3.78. The fraction of sp³-hybridized carbons (Fsp3) is 0. The number of pyridine rings is 1. The molecule has 0 spiro atoms. The lowest BCUT2D eigenvalue weighted by atomic mass is 10.3. The van der Waals surface area contributed by atoms with E-state index < -0.39 is 11.7 Å². The average Bonchev–Trinajstić information content (AvgIpc) is 2.27. The molecule has 3 nitrogen and oxygen atoms in total. The first-order chi connectivity index (χ1) is 8.54. The van der Waals surface area contributed by atoms with Crippen LogP contribution in [0.15, 0.2) is 36.4 Å². The van der Waals surface area contributed by atoms with Crippen LogP contribution < -0.4 is 5.32 Å². The van der Waals surface area contributed by atoms with Crippen LogP contribution in [-0.4, -0.2) is 10.9 Å². The molecule has 18 heavy (non-hydrogen) atoms. The first kappa shape index (κ1) is 12.8. The quantitative estimate of drug-likeness (QED) is 0.853. The van der Waals surface area contributed by atoms with Gasteiger partial charge in [-0.15, -0.1) is 0 Å². The van der Waals surface area contributed by atoms with Gasteiger partial charge in [0.15, 0.2) is 0 Å². The molecule has 2 aromatic rings. The maximum Gasteiger partial charge on any atom is 0.274 e. The number of hydrogen-bond acceptors (Lipinski definition) is 2. The van der Waals surface area contributed by atoms with Crippen LogP contribution in [0.1, 0.15) is 10.5 Å². The van der Waals surface area contributed by atoms with Crippen molar-refractivity contribution in [1.82, 2.24) is 4.98 Å². The Kier molecular flexibility index (Phi) is 3.79. The van der Waals surface area contributed by atoms with Crippen LogP contribution in [0.5, 0.6) is 0 Å². The first-order valence-corrected chi connectivity index (χ1v) is 5.70. The van der Waals surface area contributed by atoms with Crippen molar-refractivity contribution in [3.63, 3.8) is 0 Å². The number of anilines is 1. The highest BCUT2D eigenvalue weighted by Gasteiger charge is 2.09. The number of halogens is 3. The van der Waals surface area contributed by atoms with E-state index in [9.17, 15) is 9.18 Å². The summed E-state index contributed by atoms with van der Waals surface area (Å²) in [7, 11) is 0. The summed E-state index contributed by atoms with van der Waals surface area (Å²) < 4.78 is 13.1. The van der Waals surface area contributed by atoms with E-state index in [2.05, 4.69) is 10.3 Å². The van der Waals surface area contributed by atoms with Gasteiger partial charge in [0, 0.05) is 10.7 Å². The van der Waals surface area contributed by atoms with Gasteiger partial charge >= 0.3 is 0 Å². The molecule has 0 saturated carbocycles. The van der Waals surface area contributed by atoms with Gasteiger partial charge in [-0.2, -0.15) is 0 Å². The highest BCUT2D eigenvalue weighted by atomic mass is 35.5. The minimum absolute atomic E-state index is 0.142. The Labute approximate surface area is 113 Å². The molecule has 0 bridgehead atoms. The van der Waals surface area contributed by atoms with Crippen molar-refractivity contribution in [2.24, 2.45) is 0 Å². The fourth-order valence-corrected chi connectivity index (χ4v) is 1.74. The molecular formula is C12H7Cl2FN2O. The molecule has 1 N–H and O–H groups in total. The van der Waals surface area contributed by atoms with E-state index in [4.69, 9.17) is 23.2 Å². The molecule has 1 aromatic heterocycles. The normalized spacial score (nSPS) is 10.2. The van der Waals surface area contributed by atoms with Gasteiger partial charge in [-0.1, -0.05) is 29.3 Å². The summed E-state index contributed by atoms with van der Waals surface area (Å²) in [5, 5.41) is 2.89. The molecule has 92 valence electrons.